The molecule has 2 heterocycles. The first-order valence-electron chi connectivity index (χ1n) is 11.7. The molecule has 34 heavy (non-hydrogen) atoms. The molecule has 1 aliphatic rings. The van der Waals surface area contributed by atoms with E-state index < -0.39 is 0 Å². The topological polar surface area (TPSA) is 79.2 Å². The van der Waals surface area contributed by atoms with Crippen molar-refractivity contribution in [1.82, 2.24) is 14.9 Å². The molecule has 0 spiro atoms. The summed E-state index contributed by atoms with van der Waals surface area (Å²) in [5, 5.41) is 5.15. The van der Waals surface area contributed by atoms with Gasteiger partial charge in [-0.3, -0.25) is 9.59 Å². The standard InChI is InChI=1S/C26H31N5O3/c1-3-29(4-2)22-11-9-20(10-12-22)26(33)28-27-17-21-18-31(24-8-6-5-7-23(21)24)19-25(32)30-13-15-34-16-14-30/h5-12,17-18H,3-4,13-16,19H2,1-2H3,(H,28,33). The Kier molecular flexibility index (Phi) is 7.59. The van der Waals surface area contributed by atoms with Gasteiger partial charge in [0, 0.05) is 60.1 Å². The maximum atomic E-state index is 12.7. The number of nitrogens with one attached hydrogen (secondary N) is 1. The molecule has 1 N–H and O–H groups in total. The van der Waals surface area contributed by atoms with Crippen LogP contribution in [0.1, 0.15) is 29.8 Å². The molecule has 2 amide bonds. The van der Waals surface area contributed by atoms with Crippen molar-refractivity contribution >= 4 is 34.6 Å². The summed E-state index contributed by atoms with van der Waals surface area (Å²) < 4.78 is 7.27. The van der Waals surface area contributed by atoms with Gasteiger partial charge in [0.1, 0.15) is 6.54 Å². The van der Waals surface area contributed by atoms with Crippen LogP contribution in [0.3, 0.4) is 0 Å². The number of hydrogen-bond donors (Lipinski definition) is 1. The minimum absolute atomic E-state index is 0.0639. The average Bonchev–Trinajstić information content (AvgIpc) is 3.23. The summed E-state index contributed by atoms with van der Waals surface area (Å²) in [4.78, 5) is 29.3. The lowest BCUT2D eigenvalue weighted by molar-refractivity contribution is -0.135. The number of anilines is 1. The van der Waals surface area contributed by atoms with Crippen molar-refractivity contribution in [2.75, 3.05) is 44.3 Å². The molecule has 3 aromatic rings. The van der Waals surface area contributed by atoms with Crippen LogP contribution in [0, 0.1) is 0 Å². The van der Waals surface area contributed by atoms with Gasteiger partial charge in [0.2, 0.25) is 5.91 Å². The Morgan fingerprint density at radius 3 is 2.47 bits per heavy atom. The van der Waals surface area contributed by atoms with Crippen LogP contribution in [0.2, 0.25) is 0 Å². The maximum Gasteiger partial charge on any atom is 0.271 e. The largest absolute Gasteiger partial charge is 0.378 e. The molecule has 2 aromatic carbocycles. The number of para-hydroxylation sites is 1. The summed E-state index contributed by atoms with van der Waals surface area (Å²) >= 11 is 0. The van der Waals surface area contributed by atoms with Crippen LogP contribution in [0.25, 0.3) is 10.9 Å². The first-order chi connectivity index (χ1) is 16.6. The van der Waals surface area contributed by atoms with Gasteiger partial charge in [-0.2, -0.15) is 5.10 Å². The zero-order valence-corrected chi connectivity index (χ0v) is 19.7. The van der Waals surface area contributed by atoms with Crippen molar-refractivity contribution in [1.29, 1.82) is 0 Å². The number of amides is 2. The van der Waals surface area contributed by atoms with E-state index in [-0.39, 0.29) is 18.4 Å². The first-order valence-corrected chi connectivity index (χ1v) is 11.7. The second-order valence-electron chi connectivity index (χ2n) is 8.14. The number of hydrogen-bond acceptors (Lipinski definition) is 5. The van der Waals surface area contributed by atoms with E-state index in [1.165, 1.54) is 0 Å². The quantitative estimate of drug-likeness (QED) is 0.413. The number of morpholine rings is 1. The smallest absolute Gasteiger partial charge is 0.271 e. The summed E-state index contributed by atoms with van der Waals surface area (Å²) in [6, 6.07) is 15.4. The number of aromatic nitrogens is 1. The molecular weight excluding hydrogens is 430 g/mol. The summed E-state index contributed by atoms with van der Waals surface area (Å²) in [5.41, 5.74) is 6.03. The Bertz CT molecular complexity index is 1160. The lowest BCUT2D eigenvalue weighted by Gasteiger charge is -2.27. The third-order valence-electron chi connectivity index (χ3n) is 6.12. The van der Waals surface area contributed by atoms with Crippen molar-refractivity contribution in [3.63, 3.8) is 0 Å². The molecule has 0 bridgehead atoms. The van der Waals surface area contributed by atoms with Crippen molar-refractivity contribution in [2.24, 2.45) is 5.10 Å². The zero-order valence-electron chi connectivity index (χ0n) is 19.7. The van der Waals surface area contributed by atoms with Crippen molar-refractivity contribution in [3.05, 3.63) is 65.9 Å². The Labute approximate surface area is 199 Å². The van der Waals surface area contributed by atoms with Gasteiger partial charge in [0.05, 0.1) is 19.4 Å². The fourth-order valence-corrected chi connectivity index (χ4v) is 4.20. The van der Waals surface area contributed by atoms with Crippen molar-refractivity contribution in [3.8, 4) is 0 Å². The van der Waals surface area contributed by atoms with Crippen LogP contribution < -0.4 is 10.3 Å². The highest BCUT2D eigenvalue weighted by Crippen LogP contribution is 2.20. The molecule has 1 saturated heterocycles. The first kappa shape index (κ1) is 23.5. The van der Waals surface area contributed by atoms with Gasteiger partial charge in [-0.25, -0.2) is 5.43 Å². The SMILES string of the molecule is CCN(CC)c1ccc(C(=O)NN=Cc2cn(CC(=O)N3CCOCC3)c3ccccc23)cc1. The maximum absolute atomic E-state index is 12.7. The molecule has 1 aliphatic heterocycles. The van der Waals surface area contributed by atoms with E-state index in [4.69, 9.17) is 4.74 Å². The molecule has 8 heteroatoms. The molecule has 4 rings (SSSR count). The minimum atomic E-state index is -0.270. The van der Waals surface area contributed by atoms with E-state index >= 15 is 0 Å². The Balaban J connectivity index is 1.45. The third-order valence-corrected chi connectivity index (χ3v) is 6.12. The van der Waals surface area contributed by atoms with Gasteiger partial charge >= 0.3 is 0 Å². The molecule has 1 aromatic heterocycles. The lowest BCUT2D eigenvalue weighted by Crippen LogP contribution is -2.42. The average molecular weight is 462 g/mol. The summed E-state index contributed by atoms with van der Waals surface area (Å²) in [6.45, 7) is 8.68. The second-order valence-corrected chi connectivity index (χ2v) is 8.14. The van der Waals surface area contributed by atoms with Gasteiger partial charge in [-0.05, 0) is 44.2 Å². The Morgan fingerprint density at radius 2 is 1.76 bits per heavy atom. The summed E-state index contributed by atoms with van der Waals surface area (Å²) in [7, 11) is 0. The van der Waals surface area contributed by atoms with Gasteiger partial charge in [-0.15, -0.1) is 0 Å². The lowest BCUT2D eigenvalue weighted by atomic mass is 10.2. The van der Waals surface area contributed by atoms with Crippen LogP contribution in [0.4, 0.5) is 5.69 Å². The molecule has 0 unspecified atom stereocenters. The zero-order chi connectivity index (χ0) is 23.9. The van der Waals surface area contributed by atoms with Gasteiger partial charge in [-0.1, -0.05) is 18.2 Å². The van der Waals surface area contributed by atoms with E-state index in [9.17, 15) is 9.59 Å². The molecule has 0 atom stereocenters. The highest BCUT2D eigenvalue weighted by atomic mass is 16.5. The number of rotatable bonds is 8. The summed E-state index contributed by atoms with van der Waals surface area (Å²) in [6.07, 6.45) is 3.53. The highest BCUT2D eigenvalue weighted by molar-refractivity contribution is 6.01. The van der Waals surface area contributed by atoms with E-state index in [2.05, 4.69) is 29.3 Å². The third kappa shape index (κ3) is 5.28. The Morgan fingerprint density at radius 1 is 1.06 bits per heavy atom. The molecule has 0 aliphatic carbocycles. The van der Waals surface area contributed by atoms with Gasteiger partial charge in [0.15, 0.2) is 0 Å². The van der Waals surface area contributed by atoms with Crippen LogP contribution in [0.5, 0.6) is 0 Å². The van der Waals surface area contributed by atoms with Crippen molar-refractivity contribution in [2.45, 2.75) is 20.4 Å². The predicted molar refractivity (Wildman–Crippen MR) is 134 cm³/mol. The fraction of sp³-hybridized carbons (Fsp3) is 0.346. The number of hydrazone groups is 1. The highest BCUT2D eigenvalue weighted by Gasteiger charge is 2.18. The van der Waals surface area contributed by atoms with Crippen LogP contribution >= 0.6 is 0 Å². The van der Waals surface area contributed by atoms with Gasteiger partial charge < -0.3 is 19.1 Å². The van der Waals surface area contributed by atoms with E-state index in [1.807, 2.05) is 64.2 Å². The number of carbonyl (C=O) groups is 2. The monoisotopic (exact) mass is 461 g/mol. The fourth-order valence-electron chi connectivity index (χ4n) is 4.20. The van der Waals surface area contributed by atoms with E-state index in [0.29, 0.717) is 31.9 Å². The van der Waals surface area contributed by atoms with E-state index in [1.54, 1.807) is 6.21 Å². The molecule has 178 valence electrons. The molecule has 0 radical (unpaired) electrons. The number of nitrogens with zero attached hydrogens (tertiary/aromatic N) is 4. The number of fused-ring (bicyclic) bond motifs is 1. The van der Waals surface area contributed by atoms with Crippen molar-refractivity contribution < 1.29 is 14.3 Å². The number of carbonyl (C=O) groups excluding carboxylic acids is 2. The molecule has 1 fully saturated rings. The van der Waals surface area contributed by atoms with Crippen LogP contribution in [0.15, 0.2) is 59.8 Å². The normalized spacial score (nSPS) is 14.0. The predicted octanol–water partition coefficient (Wildman–Crippen LogP) is 3.11. The molecule has 8 nitrogen and oxygen atoms in total. The number of ether oxygens (including phenoxy) is 1. The van der Waals surface area contributed by atoms with E-state index in [0.717, 1.165) is 35.2 Å². The Hall–Kier alpha value is -3.65. The molecule has 0 saturated carbocycles. The minimum Gasteiger partial charge on any atom is -0.378 e. The van der Waals surface area contributed by atoms with Crippen LogP contribution in [-0.2, 0) is 16.1 Å². The molecular formula is C26H31N5O3. The van der Waals surface area contributed by atoms with Crippen LogP contribution in [-0.4, -0.2) is 66.9 Å². The number of benzene rings is 2. The summed E-state index contributed by atoms with van der Waals surface area (Å²) in [5.74, 6) is -0.206. The van der Waals surface area contributed by atoms with Gasteiger partial charge in [0.25, 0.3) is 5.91 Å². The second kappa shape index (κ2) is 11.0.